The molecule has 1 rings (SSSR count). The van der Waals surface area contributed by atoms with Gasteiger partial charge < -0.3 is 10.4 Å². The highest BCUT2D eigenvalue weighted by Crippen LogP contribution is 2.23. The molecule has 0 fully saturated rings. The molecule has 0 aliphatic rings. The van der Waals surface area contributed by atoms with E-state index in [1.165, 1.54) is 6.07 Å². The molecule has 0 amide bonds. The van der Waals surface area contributed by atoms with Gasteiger partial charge in [0.15, 0.2) is 0 Å². The molecule has 6 nitrogen and oxygen atoms in total. The van der Waals surface area contributed by atoms with Gasteiger partial charge in [0.05, 0.1) is 4.92 Å². The zero-order chi connectivity index (χ0) is 12.8. The van der Waals surface area contributed by atoms with Gasteiger partial charge in [-0.15, -0.1) is 0 Å². The number of para-hydroxylation sites is 2. The van der Waals surface area contributed by atoms with Crippen molar-refractivity contribution < 1.29 is 14.8 Å². The van der Waals surface area contributed by atoms with E-state index < -0.39 is 10.9 Å². The number of nitro groups is 1. The Hall–Kier alpha value is -2.37. The number of hydrogen-bond acceptors (Lipinski definition) is 4. The molecule has 6 heteroatoms. The molecule has 1 aromatic rings. The second kappa shape index (κ2) is 5.64. The number of nitro benzene ring substituents is 1. The van der Waals surface area contributed by atoms with Crippen molar-refractivity contribution >= 4 is 17.3 Å². The Kier molecular flexibility index (Phi) is 4.21. The second-order valence-corrected chi connectivity index (χ2v) is 3.36. The quantitative estimate of drug-likeness (QED) is 0.448. The lowest BCUT2D eigenvalue weighted by Crippen LogP contribution is -2.08. The Morgan fingerprint density at radius 3 is 2.71 bits per heavy atom. The van der Waals surface area contributed by atoms with Crippen LogP contribution in [0.25, 0.3) is 0 Å². The average molecular weight is 236 g/mol. The summed E-state index contributed by atoms with van der Waals surface area (Å²) in [7, 11) is 0. The summed E-state index contributed by atoms with van der Waals surface area (Å²) in [6.07, 6.45) is 0.224. The van der Waals surface area contributed by atoms with E-state index in [1.54, 1.807) is 18.2 Å². The van der Waals surface area contributed by atoms with E-state index in [0.717, 1.165) is 0 Å². The van der Waals surface area contributed by atoms with Gasteiger partial charge in [-0.3, -0.25) is 10.1 Å². The van der Waals surface area contributed by atoms with E-state index in [-0.39, 0.29) is 24.2 Å². The number of carbonyl (C=O) groups is 1. The number of benzene rings is 1. The summed E-state index contributed by atoms with van der Waals surface area (Å²) in [5.41, 5.74) is 0.403. The average Bonchev–Trinajstić information content (AvgIpc) is 2.29. The minimum Gasteiger partial charge on any atom is -0.478 e. The first-order valence-electron chi connectivity index (χ1n) is 4.90. The third-order valence-electron chi connectivity index (χ3n) is 2.15. The molecule has 0 spiro atoms. The number of carboxylic acid groups (broad SMARTS) is 1. The van der Waals surface area contributed by atoms with Gasteiger partial charge >= 0.3 is 5.97 Å². The molecule has 0 bridgehead atoms. The van der Waals surface area contributed by atoms with Crippen molar-refractivity contribution in [3.63, 3.8) is 0 Å². The van der Waals surface area contributed by atoms with Gasteiger partial charge in [0.25, 0.3) is 5.69 Å². The summed E-state index contributed by atoms with van der Waals surface area (Å²) >= 11 is 0. The molecular formula is C11H12N2O4. The SMILES string of the molecule is C=C(CCNc1ccccc1[N+](=O)[O-])C(=O)O. The maximum Gasteiger partial charge on any atom is 0.331 e. The molecule has 17 heavy (non-hydrogen) atoms. The first kappa shape index (κ1) is 12.7. The van der Waals surface area contributed by atoms with Crippen LogP contribution in [0, 0.1) is 10.1 Å². The van der Waals surface area contributed by atoms with Crippen molar-refractivity contribution in [3.8, 4) is 0 Å². The molecule has 90 valence electrons. The highest BCUT2D eigenvalue weighted by molar-refractivity contribution is 5.85. The van der Waals surface area contributed by atoms with Crippen LogP contribution >= 0.6 is 0 Å². The fourth-order valence-corrected chi connectivity index (χ4v) is 1.24. The van der Waals surface area contributed by atoms with Gasteiger partial charge in [-0.2, -0.15) is 0 Å². The number of anilines is 1. The van der Waals surface area contributed by atoms with Crippen molar-refractivity contribution in [1.29, 1.82) is 0 Å². The second-order valence-electron chi connectivity index (χ2n) is 3.36. The topological polar surface area (TPSA) is 92.5 Å². The van der Waals surface area contributed by atoms with Crippen LogP contribution in [-0.4, -0.2) is 22.5 Å². The third-order valence-corrected chi connectivity index (χ3v) is 2.15. The zero-order valence-electron chi connectivity index (χ0n) is 9.05. The summed E-state index contributed by atoms with van der Waals surface area (Å²) in [4.78, 5) is 20.7. The highest BCUT2D eigenvalue weighted by Gasteiger charge is 2.11. The van der Waals surface area contributed by atoms with Crippen molar-refractivity contribution in [2.75, 3.05) is 11.9 Å². The van der Waals surface area contributed by atoms with Gasteiger partial charge in [-0.25, -0.2) is 4.79 Å². The van der Waals surface area contributed by atoms with Crippen LogP contribution in [-0.2, 0) is 4.79 Å². The minimum atomic E-state index is -1.06. The lowest BCUT2D eigenvalue weighted by atomic mass is 10.2. The van der Waals surface area contributed by atoms with Crippen molar-refractivity contribution in [2.45, 2.75) is 6.42 Å². The predicted molar refractivity (Wildman–Crippen MR) is 63.0 cm³/mol. The summed E-state index contributed by atoms with van der Waals surface area (Å²) in [5.74, 6) is -1.06. The highest BCUT2D eigenvalue weighted by atomic mass is 16.6. The van der Waals surface area contributed by atoms with Crippen LogP contribution in [0.2, 0.25) is 0 Å². The summed E-state index contributed by atoms with van der Waals surface area (Å²) in [6.45, 7) is 3.66. The van der Waals surface area contributed by atoms with E-state index in [9.17, 15) is 14.9 Å². The molecule has 1 aromatic carbocycles. The fraction of sp³-hybridized carbons (Fsp3) is 0.182. The first-order chi connectivity index (χ1) is 8.02. The van der Waals surface area contributed by atoms with Crippen molar-refractivity contribution in [1.82, 2.24) is 0 Å². The normalized spacial score (nSPS) is 9.65. The lowest BCUT2D eigenvalue weighted by molar-refractivity contribution is -0.384. The molecule has 2 N–H and O–H groups in total. The van der Waals surface area contributed by atoms with Crippen molar-refractivity contribution in [2.24, 2.45) is 0 Å². The molecule has 0 aliphatic heterocycles. The molecule has 0 saturated heterocycles. The third kappa shape index (κ3) is 3.60. The van der Waals surface area contributed by atoms with Crippen LogP contribution in [0.15, 0.2) is 36.4 Å². The number of rotatable bonds is 6. The number of carboxylic acids is 1. The smallest absolute Gasteiger partial charge is 0.331 e. The maximum atomic E-state index is 10.7. The largest absolute Gasteiger partial charge is 0.478 e. The Labute approximate surface area is 97.7 Å². The van der Waals surface area contributed by atoms with Crippen LogP contribution in [0.1, 0.15) is 6.42 Å². The number of nitrogens with one attached hydrogen (secondary N) is 1. The van der Waals surface area contributed by atoms with E-state index in [1.807, 2.05) is 0 Å². The van der Waals surface area contributed by atoms with E-state index in [2.05, 4.69) is 11.9 Å². The van der Waals surface area contributed by atoms with Crippen LogP contribution in [0.3, 0.4) is 0 Å². The Morgan fingerprint density at radius 1 is 1.47 bits per heavy atom. The fourth-order valence-electron chi connectivity index (χ4n) is 1.24. The number of aliphatic carboxylic acids is 1. The predicted octanol–water partition coefficient (Wildman–Crippen LogP) is 2.04. The molecule has 0 atom stereocenters. The molecule has 0 saturated carbocycles. The molecular weight excluding hydrogens is 224 g/mol. The van der Waals surface area contributed by atoms with Gasteiger partial charge in [0.2, 0.25) is 0 Å². The molecule has 0 unspecified atom stereocenters. The van der Waals surface area contributed by atoms with Crippen LogP contribution in [0.5, 0.6) is 0 Å². The summed E-state index contributed by atoms with van der Waals surface area (Å²) < 4.78 is 0. The first-order valence-corrected chi connectivity index (χ1v) is 4.90. The monoisotopic (exact) mass is 236 g/mol. The Morgan fingerprint density at radius 2 is 2.12 bits per heavy atom. The summed E-state index contributed by atoms with van der Waals surface area (Å²) in [6, 6.07) is 6.19. The van der Waals surface area contributed by atoms with Gasteiger partial charge in [-0.1, -0.05) is 18.7 Å². The zero-order valence-corrected chi connectivity index (χ0v) is 9.05. The standard InChI is InChI=1S/C11H12N2O4/c1-8(11(14)15)6-7-12-9-4-2-3-5-10(9)13(16)17/h2-5,12H,1,6-7H2,(H,14,15). The van der Waals surface area contributed by atoms with Gasteiger partial charge in [0.1, 0.15) is 5.69 Å². The minimum absolute atomic E-state index is 0.0339. The summed E-state index contributed by atoms with van der Waals surface area (Å²) in [5, 5.41) is 22.1. The van der Waals surface area contributed by atoms with Gasteiger partial charge in [0, 0.05) is 18.2 Å². The van der Waals surface area contributed by atoms with Crippen LogP contribution in [0.4, 0.5) is 11.4 Å². The van der Waals surface area contributed by atoms with Gasteiger partial charge in [-0.05, 0) is 12.5 Å². The number of nitrogens with zero attached hydrogens (tertiary/aromatic N) is 1. The van der Waals surface area contributed by atoms with E-state index >= 15 is 0 Å². The Balaban J connectivity index is 2.61. The maximum absolute atomic E-state index is 10.7. The molecule has 0 radical (unpaired) electrons. The van der Waals surface area contributed by atoms with Crippen LogP contribution < -0.4 is 5.32 Å². The van der Waals surface area contributed by atoms with E-state index in [0.29, 0.717) is 5.69 Å². The van der Waals surface area contributed by atoms with Crippen molar-refractivity contribution in [3.05, 3.63) is 46.5 Å². The molecule has 0 aliphatic carbocycles. The molecule has 0 aromatic heterocycles. The molecule has 0 heterocycles. The van der Waals surface area contributed by atoms with E-state index in [4.69, 9.17) is 5.11 Å². The number of hydrogen-bond donors (Lipinski definition) is 2. The lowest BCUT2D eigenvalue weighted by Gasteiger charge is -2.06. The Bertz CT molecular complexity index is 457.